The zero-order valence-corrected chi connectivity index (χ0v) is 12.7. The SMILES string of the molecule is COCC1(c2nc(-c3cccc(Cl)c3)no2)CCNCC1. The van der Waals surface area contributed by atoms with Crippen molar-refractivity contribution < 1.29 is 9.26 Å². The first-order valence-corrected chi connectivity index (χ1v) is 7.41. The first-order valence-electron chi connectivity index (χ1n) is 7.03. The summed E-state index contributed by atoms with van der Waals surface area (Å²) in [5.41, 5.74) is 0.670. The third-order valence-electron chi connectivity index (χ3n) is 3.94. The second-order valence-corrected chi connectivity index (χ2v) is 5.83. The maximum absolute atomic E-state index is 6.01. The lowest BCUT2D eigenvalue weighted by molar-refractivity contribution is 0.0850. The van der Waals surface area contributed by atoms with Crippen molar-refractivity contribution >= 4 is 11.6 Å². The molecule has 0 radical (unpaired) electrons. The van der Waals surface area contributed by atoms with Gasteiger partial charge >= 0.3 is 0 Å². The van der Waals surface area contributed by atoms with E-state index in [2.05, 4.69) is 15.5 Å². The van der Waals surface area contributed by atoms with Gasteiger partial charge in [0.2, 0.25) is 11.7 Å². The van der Waals surface area contributed by atoms with Crippen LogP contribution in [0.1, 0.15) is 18.7 Å². The van der Waals surface area contributed by atoms with Gasteiger partial charge in [-0.05, 0) is 38.1 Å². The van der Waals surface area contributed by atoms with Gasteiger partial charge in [0, 0.05) is 17.7 Å². The molecule has 112 valence electrons. The van der Waals surface area contributed by atoms with Gasteiger partial charge in [-0.3, -0.25) is 0 Å². The smallest absolute Gasteiger partial charge is 0.235 e. The van der Waals surface area contributed by atoms with Gasteiger partial charge in [-0.25, -0.2) is 0 Å². The maximum atomic E-state index is 6.01. The summed E-state index contributed by atoms with van der Waals surface area (Å²) in [7, 11) is 1.71. The maximum Gasteiger partial charge on any atom is 0.235 e. The molecule has 1 N–H and O–H groups in total. The molecule has 0 spiro atoms. The Morgan fingerprint density at radius 2 is 2.19 bits per heavy atom. The average Bonchev–Trinajstić information content (AvgIpc) is 2.99. The van der Waals surface area contributed by atoms with E-state index < -0.39 is 0 Å². The number of rotatable bonds is 4. The summed E-state index contributed by atoms with van der Waals surface area (Å²) in [5, 5.41) is 8.12. The van der Waals surface area contributed by atoms with Gasteiger partial charge in [0.1, 0.15) is 0 Å². The van der Waals surface area contributed by atoms with Crippen molar-refractivity contribution in [3.05, 3.63) is 35.2 Å². The highest BCUT2D eigenvalue weighted by Gasteiger charge is 2.39. The molecule has 0 unspecified atom stereocenters. The van der Waals surface area contributed by atoms with Crippen LogP contribution in [-0.4, -0.2) is 36.9 Å². The fourth-order valence-corrected chi connectivity index (χ4v) is 2.98. The fourth-order valence-electron chi connectivity index (χ4n) is 2.79. The van der Waals surface area contributed by atoms with Crippen LogP contribution in [0.15, 0.2) is 28.8 Å². The van der Waals surface area contributed by atoms with Crippen LogP contribution in [0.3, 0.4) is 0 Å². The van der Waals surface area contributed by atoms with E-state index in [1.807, 2.05) is 24.3 Å². The largest absolute Gasteiger partial charge is 0.384 e. The van der Waals surface area contributed by atoms with Crippen molar-refractivity contribution in [1.82, 2.24) is 15.5 Å². The van der Waals surface area contributed by atoms with Crippen LogP contribution in [0.2, 0.25) is 5.02 Å². The first kappa shape index (κ1) is 14.5. The number of halogens is 1. The highest BCUT2D eigenvalue weighted by molar-refractivity contribution is 6.30. The molecule has 21 heavy (non-hydrogen) atoms. The van der Waals surface area contributed by atoms with Crippen LogP contribution >= 0.6 is 11.6 Å². The third-order valence-corrected chi connectivity index (χ3v) is 4.18. The quantitative estimate of drug-likeness (QED) is 0.941. The Hall–Kier alpha value is -1.43. The van der Waals surface area contributed by atoms with E-state index in [-0.39, 0.29) is 5.41 Å². The van der Waals surface area contributed by atoms with Crippen molar-refractivity contribution in [3.8, 4) is 11.4 Å². The van der Waals surface area contributed by atoms with E-state index in [1.165, 1.54) is 0 Å². The summed E-state index contributed by atoms with van der Waals surface area (Å²) < 4.78 is 10.9. The van der Waals surface area contributed by atoms with Crippen LogP contribution < -0.4 is 5.32 Å². The molecule has 0 saturated carbocycles. The number of piperidine rings is 1. The Labute approximate surface area is 128 Å². The molecule has 1 aromatic carbocycles. The Bertz CT molecular complexity index is 603. The summed E-state index contributed by atoms with van der Waals surface area (Å²) >= 11 is 6.01. The second kappa shape index (κ2) is 6.13. The van der Waals surface area contributed by atoms with Gasteiger partial charge in [0.05, 0.1) is 12.0 Å². The minimum absolute atomic E-state index is 0.191. The molecule has 1 fully saturated rings. The third kappa shape index (κ3) is 2.95. The number of benzene rings is 1. The Balaban J connectivity index is 1.92. The van der Waals surface area contributed by atoms with Crippen molar-refractivity contribution in [2.75, 3.05) is 26.8 Å². The number of hydrogen-bond donors (Lipinski definition) is 1. The summed E-state index contributed by atoms with van der Waals surface area (Å²) in [6.45, 7) is 2.45. The number of ether oxygens (including phenoxy) is 1. The molecule has 1 aliphatic heterocycles. The standard InChI is InChI=1S/C15H18ClN3O2/c1-20-10-15(5-7-17-8-6-15)14-18-13(19-21-14)11-3-2-4-12(16)9-11/h2-4,9,17H,5-8,10H2,1H3. The fraction of sp³-hybridized carbons (Fsp3) is 0.467. The molecule has 3 rings (SSSR count). The molecule has 0 atom stereocenters. The van der Waals surface area contributed by atoms with Gasteiger partial charge in [0.15, 0.2) is 0 Å². The van der Waals surface area contributed by atoms with E-state index in [9.17, 15) is 0 Å². The van der Waals surface area contributed by atoms with Crippen LogP contribution in [0.5, 0.6) is 0 Å². The van der Waals surface area contributed by atoms with Gasteiger partial charge in [0.25, 0.3) is 0 Å². The van der Waals surface area contributed by atoms with Crippen molar-refractivity contribution in [2.24, 2.45) is 0 Å². The minimum atomic E-state index is -0.191. The van der Waals surface area contributed by atoms with Crippen LogP contribution in [-0.2, 0) is 10.2 Å². The molecule has 0 amide bonds. The van der Waals surface area contributed by atoms with E-state index in [0.29, 0.717) is 23.3 Å². The summed E-state index contributed by atoms with van der Waals surface area (Å²) in [6.07, 6.45) is 1.86. The summed E-state index contributed by atoms with van der Waals surface area (Å²) in [4.78, 5) is 4.59. The predicted molar refractivity (Wildman–Crippen MR) is 80.4 cm³/mol. The lowest BCUT2D eigenvalue weighted by atomic mass is 9.79. The Morgan fingerprint density at radius 3 is 2.90 bits per heavy atom. The first-order chi connectivity index (χ1) is 10.2. The van der Waals surface area contributed by atoms with E-state index in [4.69, 9.17) is 20.9 Å². The molecule has 5 nitrogen and oxygen atoms in total. The minimum Gasteiger partial charge on any atom is -0.384 e. The molecule has 1 aromatic heterocycles. The molecule has 1 saturated heterocycles. The lowest BCUT2D eigenvalue weighted by Gasteiger charge is -2.33. The number of nitrogens with one attached hydrogen (secondary N) is 1. The summed E-state index contributed by atoms with van der Waals surface area (Å²) in [6, 6.07) is 7.46. The van der Waals surface area contributed by atoms with Gasteiger partial charge < -0.3 is 14.6 Å². The monoisotopic (exact) mass is 307 g/mol. The molecule has 0 aliphatic carbocycles. The van der Waals surface area contributed by atoms with Crippen molar-refractivity contribution in [1.29, 1.82) is 0 Å². The zero-order valence-electron chi connectivity index (χ0n) is 11.9. The normalized spacial score (nSPS) is 17.8. The van der Waals surface area contributed by atoms with E-state index in [0.717, 1.165) is 31.5 Å². The average molecular weight is 308 g/mol. The molecule has 6 heteroatoms. The molecule has 1 aliphatic rings. The zero-order chi connectivity index (χ0) is 14.7. The van der Waals surface area contributed by atoms with Gasteiger partial charge in [-0.15, -0.1) is 0 Å². The number of hydrogen-bond acceptors (Lipinski definition) is 5. The number of aromatic nitrogens is 2. The Kier molecular flexibility index (Phi) is 4.24. The van der Waals surface area contributed by atoms with Crippen LogP contribution in [0.4, 0.5) is 0 Å². The van der Waals surface area contributed by atoms with Crippen LogP contribution in [0.25, 0.3) is 11.4 Å². The van der Waals surface area contributed by atoms with Crippen molar-refractivity contribution in [3.63, 3.8) is 0 Å². The Morgan fingerprint density at radius 1 is 1.38 bits per heavy atom. The lowest BCUT2D eigenvalue weighted by Crippen LogP contribution is -2.43. The van der Waals surface area contributed by atoms with Gasteiger partial charge in [-0.1, -0.05) is 28.9 Å². The molecular weight excluding hydrogens is 290 g/mol. The number of nitrogens with zero attached hydrogens (tertiary/aromatic N) is 2. The molecule has 2 heterocycles. The van der Waals surface area contributed by atoms with Crippen LogP contribution in [0, 0.1) is 0 Å². The van der Waals surface area contributed by atoms with Crippen molar-refractivity contribution in [2.45, 2.75) is 18.3 Å². The summed E-state index contributed by atoms with van der Waals surface area (Å²) in [5.74, 6) is 1.22. The molecular formula is C15H18ClN3O2. The second-order valence-electron chi connectivity index (χ2n) is 5.40. The molecule has 2 aromatic rings. The topological polar surface area (TPSA) is 60.2 Å². The highest BCUT2D eigenvalue weighted by atomic mass is 35.5. The highest BCUT2D eigenvalue weighted by Crippen LogP contribution is 2.34. The van der Waals surface area contributed by atoms with Gasteiger partial charge in [-0.2, -0.15) is 4.98 Å². The number of methoxy groups -OCH3 is 1. The predicted octanol–water partition coefficient (Wildman–Crippen LogP) is 2.66. The van der Waals surface area contributed by atoms with E-state index >= 15 is 0 Å². The molecule has 0 bridgehead atoms. The van der Waals surface area contributed by atoms with E-state index in [1.54, 1.807) is 7.11 Å².